The molecule has 0 aliphatic carbocycles. The van der Waals surface area contributed by atoms with E-state index in [0.29, 0.717) is 6.07 Å². The lowest BCUT2D eigenvalue weighted by molar-refractivity contribution is -0.384. The molecule has 0 bridgehead atoms. The van der Waals surface area contributed by atoms with Crippen molar-refractivity contribution in [1.29, 1.82) is 0 Å². The standard InChI is InChI=1S/C20H25F3N4O6/c1-11(2)24-19(30)25-17(28)12(3)33-18(29)13-6-8-26(9-7-13)15-5-4-14(20(21,22)23)10-16(15)27(31)32/h4-5,10-13H,6-9H2,1-3H3,(H2,24,25,28,30). The summed E-state index contributed by atoms with van der Waals surface area (Å²) in [6.45, 7) is 5.07. The van der Waals surface area contributed by atoms with Crippen LogP contribution in [0.4, 0.5) is 29.3 Å². The fraction of sp³-hybridized carbons (Fsp3) is 0.550. The molecule has 1 atom stereocenters. The molecule has 1 heterocycles. The molecule has 13 heteroatoms. The van der Waals surface area contributed by atoms with Gasteiger partial charge in [0.15, 0.2) is 6.10 Å². The molecule has 1 aromatic rings. The molecule has 3 amide bonds. The molecule has 10 nitrogen and oxygen atoms in total. The first kappa shape index (κ1) is 25.9. The Labute approximate surface area is 187 Å². The van der Waals surface area contributed by atoms with Crippen molar-refractivity contribution < 1.29 is 37.2 Å². The molecule has 1 aliphatic rings. The molecule has 1 aromatic carbocycles. The highest BCUT2D eigenvalue weighted by Crippen LogP contribution is 2.37. The van der Waals surface area contributed by atoms with E-state index in [1.165, 1.54) is 11.8 Å². The van der Waals surface area contributed by atoms with Crippen LogP contribution < -0.4 is 15.5 Å². The molecule has 182 valence electrons. The number of hydrogen-bond acceptors (Lipinski definition) is 7. The number of imide groups is 1. The van der Waals surface area contributed by atoms with Crippen molar-refractivity contribution in [3.63, 3.8) is 0 Å². The van der Waals surface area contributed by atoms with E-state index in [0.717, 1.165) is 12.1 Å². The Morgan fingerprint density at radius 3 is 2.30 bits per heavy atom. The first-order valence-corrected chi connectivity index (χ1v) is 10.2. The fourth-order valence-electron chi connectivity index (χ4n) is 3.31. The number of carbonyl (C=O) groups excluding carboxylic acids is 3. The lowest BCUT2D eigenvalue weighted by Crippen LogP contribution is -2.47. The minimum absolute atomic E-state index is 0.0312. The molecule has 0 radical (unpaired) electrons. The van der Waals surface area contributed by atoms with Crippen molar-refractivity contribution in [2.45, 2.75) is 51.9 Å². The molecule has 0 spiro atoms. The molecule has 0 aromatic heterocycles. The van der Waals surface area contributed by atoms with E-state index in [4.69, 9.17) is 4.74 Å². The van der Waals surface area contributed by atoms with Crippen LogP contribution in [0.1, 0.15) is 39.2 Å². The summed E-state index contributed by atoms with van der Waals surface area (Å²) in [5.41, 5.74) is -1.76. The van der Waals surface area contributed by atoms with Gasteiger partial charge in [0.25, 0.3) is 11.6 Å². The van der Waals surface area contributed by atoms with Gasteiger partial charge in [-0.1, -0.05) is 0 Å². The third-order valence-corrected chi connectivity index (χ3v) is 4.99. The summed E-state index contributed by atoms with van der Waals surface area (Å²) in [5.74, 6) is -2.06. The van der Waals surface area contributed by atoms with Gasteiger partial charge in [-0.3, -0.25) is 25.0 Å². The van der Waals surface area contributed by atoms with Crippen molar-refractivity contribution in [2.24, 2.45) is 5.92 Å². The first-order chi connectivity index (χ1) is 15.3. The molecule has 1 saturated heterocycles. The number of nitro benzene ring substituents is 1. The molecule has 1 fully saturated rings. The van der Waals surface area contributed by atoms with Crippen molar-refractivity contribution in [3.8, 4) is 0 Å². The van der Waals surface area contributed by atoms with E-state index in [2.05, 4.69) is 10.6 Å². The number of urea groups is 1. The number of benzene rings is 1. The number of ether oxygens (including phenoxy) is 1. The van der Waals surface area contributed by atoms with Crippen LogP contribution in [0.2, 0.25) is 0 Å². The van der Waals surface area contributed by atoms with E-state index in [9.17, 15) is 37.7 Å². The Bertz CT molecular complexity index is 914. The lowest BCUT2D eigenvalue weighted by atomic mass is 9.96. The summed E-state index contributed by atoms with van der Waals surface area (Å²) in [5, 5.41) is 15.8. The number of rotatable bonds is 6. The van der Waals surface area contributed by atoms with Crippen molar-refractivity contribution >= 4 is 29.3 Å². The number of nitrogens with zero attached hydrogens (tertiary/aromatic N) is 2. The van der Waals surface area contributed by atoms with Gasteiger partial charge in [-0.2, -0.15) is 13.2 Å². The monoisotopic (exact) mass is 474 g/mol. The van der Waals surface area contributed by atoms with Crippen molar-refractivity contribution in [1.82, 2.24) is 10.6 Å². The Balaban J connectivity index is 1.96. The minimum atomic E-state index is -4.71. The van der Waals surface area contributed by atoms with Crippen molar-refractivity contribution in [2.75, 3.05) is 18.0 Å². The predicted octanol–water partition coefficient (Wildman–Crippen LogP) is 3.00. The molecule has 1 aliphatic heterocycles. The van der Waals surface area contributed by atoms with Gasteiger partial charge < -0.3 is 15.0 Å². The third-order valence-electron chi connectivity index (χ3n) is 4.99. The number of anilines is 1. The SMILES string of the molecule is CC(C)NC(=O)NC(=O)C(C)OC(=O)C1CCN(c2ccc(C(F)(F)F)cc2[N+](=O)[O-])CC1. The van der Waals surface area contributed by atoms with Gasteiger partial charge in [-0.25, -0.2) is 4.79 Å². The van der Waals surface area contributed by atoms with Gasteiger partial charge in [-0.15, -0.1) is 0 Å². The largest absolute Gasteiger partial charge is 0.452 e. The molecule has 1 unspecified atom stereocenters. The Morgan fingerprint density at radius 1 is 1.18 bits per heavy atom. The summed E-state index contributed by atoms with van der Waals surface area (Å²) < 4.78 is 43.8. The normalized spacial score (nSPS) is 15.7. The number of esters is 1. The Morgan fingerprint density at radius 2 is 1.79 bits per heavy atom. The summed E-state index contributed by atoms with van der Waals surface area (Å²) in [6.07, 6.45) is -5.49. The number of piperidine rings is 1. The van der Waals surface area contributed by atoms with Crippen LogP contribution in [0.15, 0.2) is 18.2 Å². The van der Waals surface area contributed by atoms with Crippen LogP contribution in [0, 0.1) is 16.0 Å². The topological polar surface area (TPSA) is 131 Å². The third kappa shape index (κ3) is 7.05. The van der Waals surface area contributed by atoms with E-state index in [1.54, 1.807) is 13.8 Å². The van der Waals surface area contributed by atoms with Gasteiger partial charge >= 0.3 is 18.2 Å². The van der Waals surface area contributed by atoms with Crippen LogP contribution in [0.25, 0.3) is 0 Å². The predicted molar refractivity (Wildman–Crippen MR) is 110 cm³/mol. The molecular weight excluding hydrogens is 449 g/mol. The second-order valence-electron chi connectivity index (χ2n) is 7.92. The quantitative estimate of drug-likeness (QED) is 0.368. The number of nitro groups is 1. The summed E-state index contributed by atoms with van der Waals surface area (Å²) in [7, 11) is 0. The molecule has 2 N–H and O–H groups in total. The first-order valence-electron chi connectivity index (χ1n) is 10.2. The number of carbonyl (C=O) groups is 3. The number of alkyl halides is 3. The fourth-order valence-corrected chi connectivity index (χ4v) is 3.31. The van der Waals surface area contributed by atoms with Crippen LogP contribution in [-0.2, 0) is 20.5 Å². The van der Waals surface area contributed by atoms with Gasteiger partial charge in [0.05, 0.1) is 16.4 Å². The summed E-state index contributed by atoms with van der Waals surface area (Å²) >= 11 is 0. The van der Waals surface area contributed by atoms with Gasteiger partial charge in [0, 0.05) is 25.2 Å². The Kier molecular flexibility index (Phi) is 8.23. The highest BCUT2D eigenvalue weighted by molar-refractivity contribution is 5.97. The molecular formula is C20H25F3N4O6. The molecule has 33 heavy (non-hydrogen) atoms. The van der Waals surface area contributed by atoms with E-state index >= 15 is 0 Å². The van der Waals surface area contributed by atoms with Gasteiger partial charge in [0.2, 0.25) is 0 Å². The number of hydrogen-bond donors (Lipinski definition) is 2. The Hall–Kier alpha value is -3.38. The molecule has 2 rings (SSSR count). The highest BCUT2D eigenvalue weighted by Gasteiger charge is 2.35. The van der Waals surface area contributed by atoms with Crippen LogP contribution >= 0.6 is 0 Å². The number of amides is 3. The maximum atomic E-state index is 12.9. The number of halogens is 3. The van der Waals surface area contributed by atoms with Crippen LogP contribution in [0.5, 0.6) is 0 Å². The average Bonchev–Trinajstić information content (AvgIpc) is 2.71. The van der Waals surface area contributed by atoms with Crippen LogP contribution in [-0.4, -0.2) is 48.1 Å². The summed E-state index contributed by atoms with van der Waals surface area (Å²) in [6, 6.07) is 1.41. The van der Waals surface area contributed by atoms with Crippen LogP contribution in [0.3, 0.4) is 0 Å². The second-order valence-corrected chi connectivity index (χ2v) is 7.92. The maximum absolute atomic E-state index is 12.9. The average molecular weight is 474 g/mol. The lowest BCUT2D eigenvalue weighted by Gasteiger charge is -2.32. The minimum Gasteiger partial charge on any atom is -0.452 e. The van der Waals surface area contributed by atoms with E-state index in [-0.39, 0.29) is 37.7 Å². The van der Waals surface area contributed by atoms with Gasteiger partial charge in [-0.05, 0) is 45.7 Å². The number of nitrogens with one attached hydrogen (secondary N) is 2. The smallest absolute Gasteiger partial charge is 0.416 e. The molecule has 0 saturated carbocycles. The maximum Gasteiger partial charge on any atom is 0.416 e. The second kappa shape index (κ2) is 10.5. The highest BCUT2D eigenvalue weighted by atomic mass is 19.4. The van der Waals surface area contributed by atoms with E-state index < -0.39 is 52.3 Å². The zero-order chi connectivity index (χ0) is 24.9. The zero-order valence-electron chi connectivity index (χ0n) is 18.3. The van der Waals surface area contributed by atoms with Crippen molar-refractivity contribution in [3.05, 3.63) is 33.9 Å². The van der Waals surface area contributed by atoms with E-state index in [1.807, 2.05) is 0 Å². The van der Waals surface area contributed by atoms with Gasteiger partial charge in [0.1, 0.15) is 5.69 Å². The zero-order valence-corrected chi connectivity index (χ0v) is 18.3. The summed E-state index contributed by atoms with van der Waals surface area (Å²) in [4.78, 5) is 47.9.